The minimum absolute atomic E-state index is 0.0602. The van der Waals surface area contributed by atoms with Crippen molar-refractivity contribution in [3.63, 3.8) is 0 Å². The first-order chi connectivity index (χ1) is 8.39. The van der Waals surface area contributed by atoms with Crippen LogP contribution in [0.15, 0.2) is 0 Å². The van der Waals surface area contributed by atoms with E-state index in [0.29, 0.717) is 12.4 Å². The zero-order valence-corrected chi connectivity index (χ0v) is 13.1. The predicted octanol–water partition coefficient (Wildman–Crippen LogP) is 1.85. The molecule has 5 heteroatoms. The molecule has 1 N–H and O–H groups in total. The Morgan fingerprint density at radius 3 is 2.39 bits per heavy atom. The molecule has 18 heavy (non-hydrogen) atoms. The minimum atomic E-state index is -2.86. The van der Waals surface area contributed by atoms with Crippen LogP contribution in [0.4, 0.5) is 0 Å². The van der Waals surface area contributed by atoms with E-state index in [9.17, 15) is 8.42 Å². The molecule has 0 radical (unpaired) electrons. The number of rotatable bonds is 11. The van der Waals surface area contributed by atoms with Crippen LogP contribution in [0.25, 0.3) is 0 Å². The number of ether oxygens (including phenoxy) is 1. The topological polar surface area (TPSA) is 55.4 Å². The second kappa shape index (κ2) is 8.88. The zero-order chi connectivity index (χ0) is 14.1. The van der Waals surface area contributed by atoms with Gasteiger partial charge in [-0.15, -0.1) is 0 Å². The highest BCUT2D eigenvalue weighted by Crippen LogP contribution is 2.27. The van der Waals surface area contributed by atoms with E-state index in [1.807, 2.05) is 0 Å². The van der Waals surface area contributed by atoms with Gasteiger partial charge in [0.15, 0.2) is 0 Å². The van der Waals surface area contributed by atoms with Gasteiger partial charge >= 0.3 is 0 Å². The summed E-state index contributed by atoms with van der Waals surface area (Å²) in [6.07, 6.45) is 2.86. The van der Waals surface area contributed by atoms with E-state index in [1.165, 1.54) is 0 Å². The third-order valence-corrected chi connectivity index (χ3v) is 5.05. The molecule has 0 amide bonds. The predicted molar refractivity (Wildman–Crippen MR) is 76.7 cm³/mol. The first-order valence-electron chi connectivity index (χ1n) is 6.79. The lowest BCUT2D eigenvalue weighted by molar-refractivity contribution is 0.189. The molecule has 0 bridgehead atoms. The summed E-state index contributed by atoms with van der Waals surface area (Å²) in [5.41, 5.74) is 0.0602. The molecule has 1 unspecified atom stereocenters. The fourth-order valence-electron chi connectivity index (χ4n) is 2.02. The highest BCUT2D eigenvalue weighted by atomic mass is 32.2. The summed E-state index contributed by atoms with van der Waals surface area (Å²) in [5, 5.41) is 3.35. The lowest BCUT2D eigenvalue weighted by Gasteiger charge is -2.29. The van der Waals surface area contributed by atoms with Crippen LogP contribution in [0, 0.1) is 5.41 Å². The van der Waals surface area contributed by atoms with Gasteiger partial charge in [0.05, 0.1) is 12.4 Å². The second-order valence-electron chi connectivity index (χ2n) is 5.22. The maximum absolute atomic E-state index is 11.6. The van der Waals surface area contributed by atoms with Crippen molar-refractivity contribution >= 4 is 9.84 Å². The molecule has 0 saturated heterocycles. The molecule has 0 aliphatic carbocycles. The van der Waals surface area contributed by atoms with Crippen LogP contribution in [0.1, 0.15) is 40.0 Å². The summed E-state index contributed by atoms with van der Waals surface area (Å²) in [6, 6.07) is 0. The second-order valence-corrected chi connectivity index (χ2v) is 7.69. The van der Waals surface area contributed by atoms with Crippen LogP contribution in [0.5, 0.6) is 0 Å². The number of nitrogens with one attached hydrogen (secondary N) is 1. The maximum Gasteiger partial charge on any atom is 0.150 e. The van der Waals surface area contributed by atoms with Crippen molar-refractivity contribution in [1.29, 1.82) is 0 Å². The van der Waals surface area contributed by atoms with Crippen LogP contribution in [-0.4, -0.2) is 46.7 Å². The summed E-state index contributed by atoms with van der Waals surface area (Å²) in [4.78, 5) is 0. The molecular formula is C13H29NO3S. The van der Waals surface area contributed by atoms with Crippen molar-refractivity contribution in [2.75, 3.05) is 38.3 Å². The zero-order valence-electron chi connectivity index (χ0n) is 12.3. The van der Waals surface area contributed by atoms with Gasteiger partial charge in [-0.05, 0) is 18.3 Å². The van der Waals surface area contributed by atoms with Crippen molar-refractivity contribution < 1.29 is 13.2 Å². The SMILES string of the molecule is CCCC(C)(CCS(=O)(=O)CC)CNCCOC. The van der Waals surface area contributed by atoms with Gasteiger partial charge in [0.1, 0.15) is 9.84 Å². The molecule has 0 aromatic heterocycles. The molecule has 0 heterocycles. The van der Waals surface area contributed by atoms with E-state index in [2.05, 4.69) is 19.2 Å². The molecule has 110 valence electrons. The van der Waals surface area contributed by atoms with Gasteiger partial charge in [-0.3, -0.25) is 0 Å². The highest BCUT2D eigenvalue weighted by molar-refractivity contribution is 7.91. The lowest BCUT2D eigenvalue weighted by atomic mass is 9.83. The maximum atomic E-state index is 11.6. The lowest BCUT2D eigenvalue weighted by Crippen LogP contribution is -2.35. The Bertz CT molecular complexity index is 303. The molecule has 0 aliphatic heterocycles. The Morgan fingerprint density at radius 1 is 1.22 bits per heavy atom. The molecule has 4 nitrogen and oxygen atoms in total. The Labute approximate surface area is 112 Å². The molecule has 0 spiro atoms. The van der Waals surface area contributed by atoms with E-state index >= 15 is 0 Å². The Morgan fingerprint density at radius 2 is 1.89 bits per heavy atom. The largest absolute Gasteiger partial charge is 0.383 e. The highest BCUT2D eigenvalue weighted by Gasteiger charge is 2.25. The van der Waals surface area contributed by atoms with Crippen LogP contribution in [0.2, 0.25) is 0 Å². The first kappa shape index (κ1) is 17.9. The molecule has 0 rings (SSSR count). The smallest absolute Gasteiger partial charge is 0.150 e. The number of sulfone groups is 1. The molecule has 1 atom stereocenters. The Balaban J connectivity index is 4.24. The minimum Gasteiger partial charge on any atom is -0.383 e. The third-order valence-electron chi connectivity index (χ3n) is 3.34. The van der Waals surface area contributed by atoms with Gasteiger partial charge in [-0.1, -0.05) is 27.2 Å². The fraction of sp³-hybridized carbons (Fsp3) is 1.00. The fourth-order valence-corrected chi connectivity index (χ4v) is 3.11. The Kier molecular flexibility index (Phi) is 8.82. The van der Waals surface area contributed by atoms with Crippen LogP contribution in [-0.2, 0) is 14.6 Å². The molecule has 0 aliphatic rings. The van der Waals surface area contributed by atoms with E-state index in [1.54, 1.807) is 14.0 Å². The van der Waals surface area contributed by atoms with Crippen LogP contribution >= 0.6 is 0 Å². The number of methoxy groups -OCH3 is 1. The quantitative estimate of drug-likeness (QED) is 0.587. The van der Waals surface area contributed by atoms with Gasteiger partial charge in [0.25, 0.3) is 0 Å². The molecule has 0 aromatic rings. The third kappa shape index (κ3) is 8.06. The van der Waals surface area contributed by atoms with E-state index in [4.69, 9.17) is 4.74 Å². The summed E-state index contributed by atoms with van der Waals surface area (Å²) >= 11 is 0. The van der Waals surface area contributed by atoms with Gasteiger partial charge in [-0.25, -0.2) is 8.42 Å². The van der Waals surface area contributed by atoms with Gasteiger partial charge in [0, 0.05) is 26.0 Å². The summed E-state index contributed by atoms with van der Waals surface area (Å²) in [6.45, 7) is 8.38. The van der Waals surface area contributed by atoms with E-state index < -0.39 is 9.84 Å². The first-order valence-corrected chi connectivity index (χ1v) is 8.61. The monoisotopic (exact) mass is 279 g/mol. The van der Waals surface area contributed by atoms with Crippen molar-refractivity contribution in [1.82, 2.24) is 5.32 Å². The van der Waals surface area contributed by atoms with Crippen molar-refractivity contribution in [3.8, 4) is 0 Å². The Hall–Kier alpha value is -0.130. The summed E-state index contributed by atoms with van der Waals surface area (Å²) < 4.78 is 28.2. The molecule has 0 fully saturated rings. The number of hydrogen-bond acceptors (Lipinski definition) is 4. The van der Waals surface area contributed by atoms with E-state index in [-0.39, 0.29) is 11.2 Å². The van der Waals surface area contributed by atoms with Crippen LogP contribution in [0.3, 0.4) is 0 Å². The average molecular weight is 279 g/mol. The number of hydrogen-bond donors (Lipinski definition) is 1. The van der Waals surface area contributed by atoms with Gasteiger partial charge in [0.2, 0.25) is 0 Å². The standard InChI is InChI=1S/C13H29NO3S/c1-5-7-13(3,12-14-9-10-17-4)8-11-18(15,16)6-2/h14H,5-12H2,1-4H3. The molecular weight excluding hydrogens is 250 g/mol. The van der Waals surface area contributed by atoms with Crippen molar-refractivity contribution in [3.05, 3.63) is 0 Å². The van der Waals surface area contributed by atoms with E-state index in [0.717, 1.165) is 32.4 Å². The normalized spacial score (nSPS) is 15.6. The van der Waals surface area contributed by atoms with Crippen molar-refractivity contribution in [2.24, 2.45) is 5.41 Å². The average Bonchev–Trinajstić information content (AvgIpc) is 2.33. The molecule has 0 aromatic carbocycles. The summed E-state index contributed by atoms with van der Waals surface area (Å²) in [7, 11) is -1.18. The van der Waals surface area contributed by atoms with Crippen molar-refractivity contribution in [2.45, 2.75) is 40.0 Å². The summed E-state index contributed by atoms with van der Waals surface area (Å²) in [5.74, 6) is 0.540. The van der Waals surface area contributed by atoms with Gasteiger partial charge in [-0.2, -0.15) is 0 Å². The molecule has 0 saturated carbocycles. The van der Waals surface area contributed by atoms with Gasteiger partial charge < -0.3 is 10.1 Å². The van der Waals surface area contributed by atoms with Crippen LogP contribution < -0.4 is 5.32 Å².